The molecule has 1 aliphatic heterocycles. The minimum absolute atomic E-state index is 0.306. The Kier molecular flexibility index (Phi) is 4.11. The molecular weight excluding hydrogens is 248 g/mol. The lowest BCUT2D eigenvalue weighted by molar-refractivity contribution is 0.0684. The number of benzene rings is 1. The van der Waals surface area contributed by atoms with Crippen LogP contribution in [-0.2, 0) is 4.74 Å². The van der Waals surface area contributed by atoms with E-state index in [0.29, 0.717) is 24.7 Å². The fourth-order valence-corrected chi connectivity index (χ4v) is 3.58. The van der Waals surface area contributed by atoms with Crippen LogP contribution in [0.3, 0.4) is 0 Å². The number of hydrogen-bond donors (Lipinski definition) is 1. The number of ether oxygens (including phenoxy) is 1. The minimum atomic E-state index is 0.306. The molecule has 2 fully saturated rings. The molecule has 1 aromatic carbocycles. The summed E-state index contributed by atoms with van der Waals surface area (Å²) in [4.78, 5) is 2.44. The van der Waals surface area contributed by atoms with Gasteiger partial charge in [-0.25, -0.2) is 0 Å². The highest BCUT2D eigenvalue weighted by atomic mass is 16.5. The van der Waals surface area contributed by atoms with E-state index in [9.17, 15) is 0 Å². The fraction of sp³-hybridized carbons (Fsp3) is 0.647. The molecule has 3 atom stereocenters. The highest BCUT2D eigenvalue weighted by molar-refractivity contribution is 5.36. The maximum Gasteiger partial charge on any atom is 0.0703 e. The standard InChI is InChI=1S/C17H26N2O/c1-12-16(9-10-20-12)19(2)17(11-18)15-6-4-3-5-14(15)13-7-8-13/h3-6,12-13,16-17H,7-11,18H2,1-2H3. The van der Waals surface area contributed by atoms with Gasteiger partial charge in [-0.1, -0.05) is 24.3 Å². The Morgan fingerprint density at radius 2 is 2.05 bits per heavy atom. The van der Waals surface area contributed by atoms with Gasteiger partial charge < -0.3 is 10.5 Å². The summed E-state index contributed by atoms with van der Waals surface area (Å²) in [5.41, 5.74) is 9.07. The topological polar surface area (TPSA) is 38.5 Å². The third kappa shape index (κ3) is 2.62. The summed E-state index contributed by atoms with van der Waals surface area (Å²) in [5, 5.41) is 0. The molecule has 0 radical (unpaired) electrons. The van der Waals surface area contributed by atoms with Crippen molar-refractivity contribution in [3.8, 4) is 0 Å². The van der Waals surface area contributed by atoms with Crippen LogP contribution in [0.15, 0.2) is 24.3 Å². The molecule has 0 aromatic heterocycles. The van der Waals surface area contributed by atoms with E-state index >= 15 is 0 Å². The van der Waals surface area contributed by atoms with E-state index in [1.807, 2.05) is 0 Å². The zero-order chi connectivity index (χ0) is 14.1. The molecule has 2 aliphatic rings. The van der Waals surface area contributed by atoms with Crippen LogP contribution in [0.25, 0.3) is 0 Å². The Bertz CT molecular complexity index is 458. The predicted molar refractivity (Wildman–Crippen MR) is 81.8 cm³/mol. The van der Waals surface area contributed by atoms with Crippen LogP contribution < -0.4 is 5.73 Å². The SMILES string of the molecule is CC1OCCC1N(C)C(CN)c1ccccc1C1CC1. The minimum Gasteiger partial charge on any atom is -0.377 e. The maximum atomic E-state index is 6.13. The summed E-state index contributed by atoms with van der Waals surface area (Å²) >= 11 is 0. The largest absolute Gasteiger partial charge is 0.377 e. The zero-order valence-electron chi connectivity index (χ0n) is 12.6. The Labute approximate surface area is 122 Å². The number of nitrogens with zero attached hydrogens (tertiary/aromatic N) is 1. The van der Waals surface area contributed by atoms with Gasteiger partial charge in [0.05, 0.1) is 6.10 Å². The van der Waals surface area contributed by atoms with Crippen molar-refractivity contribution >= 4 is 0 Å². The number of hydrogen-bond acceptors (Lipinski definition) is 3. The zero-order valence-corrected chi connectivity index (χ0v) is 12.6. The van der Waals surface area contributed by atoms with Gasteiger partial charge in [-0.2, -0.15) is 0 Å². The van der Waals surface area contributed by atoms with Crippen molar-refractivity contribution in [3.63, 3.8) is 0 Å². The summed E-state index contributed by atoms with van der Waals surface area (Å²) < 4.78 is 5.72. The van der Waals surface area contributed by atoms with E-state index in [-0.39, 0.29) is 0 Å². The quantitative estimate of drug-likeness (QED) is 0.897. The van der Waals surface area contributed by atoms with Crippen LogP contribution in [0.1, 0.15) is 49.3 Å². The molecule has 1 aliphatic carbocycles. The first kappa shape index (κ1) is 14.1. The first-order valence-corrected chi connectivity index (χ1v) is 7.84. The average molecular weight is 274 g/mol. The summed E-state index contributed by atoms with van der Waals surface area (Å²) in [5.74, 6) is 0.769. The first-order valence-electron chi connectivity index (χ1n) is 7.84. The van der Waals surface area contributed by atoms with Gasteiger partial charge in [-0.3, -0.25) is 4.90 Å². The molecule has 1 saturated heterocycles. The van der Waals surface area contributed by atoms with Crippen molar-refractivity contribution in [1.29, 1.82) is 0 Å². The van der Waals surface area contributed by atoms with Gasteiger partial charge in [0.25, 0.3) is 0 Å². The second kappa shape index (κ2) is 5.84. The molecule has 1 aromatic rings. The second-order valence-electron chi connectivity index (χ2n) is 6.25. The molecule has 3 nitrogen and oxygen atoms in total. The van der Waals surface area contributed by atoms with Gasteiger partial charge in [0.15, 0.2) is 0 Å². The van der Waals surface area contributed by atoms with Crippen molar-refractivity contribution in [2.45, 2.75) is 50.3 Å². The lowest BCUT2D eigenvalue weighted by Crippen LogP contribution is -2.42. The fourth-order valence-electron chi connectivity index (χ4n) is 3.58. The monoisotopic (exact) mass is 274 g/mol. The van der Waals surface area contributed by atoms with Crippen molar-refractivity contribution < 1.29 is 4.74 Å². The van der Waals surface area contributed by atoms with E-state index in [1.165, 1.54) is 24.0 Å². The Morgan fingerprint density at radius 3 is 2.65 bits per heavy atom. The van der Waals surface area contributed by atoms with Crippen LogP contribution in [0, 0.1) is 0 Å². The first-order chi connectivity index (χ1) is 9.72. The van der Waals surface area contributed by atoms with E-state index in [4.69, 9.17) is 10.5 Å². The normalized spacial score (nSPS) is 28.0. The van der Waals surface area contributed by atoms with Crippen LogP contribution >= 0.6 is 0 Å². The molecule has 2 N–H and O–H groups in total. The van der Waals surface area contributed by atoms with Gasteiger partial charge in [0.1, 0.15) is 0 Å². The second-order valence-corrected chi connectivity index (χ2v) is 6.25. The van der Waals surface area contributed by atoms with E-state index in [0.717, 1.165) is 18.9 Å². The molecule has 0 bridgehead atoms. The number of likely N-dealkylation sites (N-methyl/N-ethyl adjacent to an activating group) is 1. The van der Waals surface area contributed by atoms with Crippen molar-refractivity contribution in [2.75, 3.05) is 20.2 Å². The van der Waals surface area contributed by atoms with Gasteiger partial charge in [-0.15, -0.1) is 0 Å². The predicted octanol–water partition coefficient (Wildman–Crippen LogP) is 2.67. The van der Waals surface area contributed by atoms with Gasteiger partial charge in [0.2, 0.25) is 0 Å². The van der Waals surface area contributed by atoms with E-state index < -0.39 is 0 Å². The third-order valence-electron chi connectivity index (χ3n) is 4.95. The number of nitrogens with two attached hydrogens (primary N) is 1. The summed E-state index contributed by atoms with van der Waals surface area (Å²) in [6, 6.07) is 9.65. The molecule has 0 spiro atoms. The Balaban J connectivity index is 1.85. The van der Waals surface area contributed by atoms with Gasteiger partial charge in [0, 0.05) is 25.2 Å². The summed E-state index contributed by atoms with van der Waals surface area (Å²) in [6.45, 7) is 3.72. The third-order valence-corrected chi connectivity index (χ3v) is 4.95. The number of rotatable bonds is 5. The van der Waals surface area contributed by atoms with Crippen LogP contribution in [0.5, 0.6) is 0 Å². The Morgan fingerprint density at radius 1 is 1.30 bits per heavy atom. The lowest BCUT2D eigenvalue weighted by atomic mass is 9.94. The molecule has 0 amide bonds. The smallest absolute Gasteiger partial charge is 0.0703 e. The molecular formula is C17H26N2O. The van der Waals surface area contributed by atoms with Gasteiger partial charge in [-0.05, 0) is 50.3 Å². The molecule has 20 heavy (non-hydrogen) atoms. The molecule has 1 heterocycles. The highest BCUT2D eigenvalue weighted by Crippen LogP contribution is 2.43. The maximum absolute atomic E-state index is 6.13. The van der Waals surface area contributed by atoms with Crippen LogP contribution in [0.2, 0.25) is 0 Å². The molecule has 3 unspecified atom stereocenters. The van der Waals surface area contributed by atoms with Crippen LogP contribution in [0.4, 0.5) is 0 Å². The molecule has 110 valence electrons. The van der Waals surface area contributed by atoms with Gasteiger partial charge >= 0.3 is 0 Å². The molecule has 1 saturated carbocycles. The van der Waals surface area contributed by atoms with E-state index in [1.54, 1.807) is 0 Å². The highest BCUT2D eigenvalue weighted by Gasteiger charge is 2.34. The van der Waals surface area contributed by atoms with E-state index in [2.05, 4.69) is 43.1 Å². The summed E-state index contributed by atoms with van der Waals surface area (Å²) in [7, 11) is 2.21. The molecule has 3 rings (SSSR count). The summed E-state index contributed by atoms with van der Waals surface area (Å²) in [6.07, 6.45) is 4.09. The Hall–Kier alpha value is -0.900. The average Bonchev–Trinajstić information content (AvgIpc) is 3.22. The van der Waals surface area contributed by atoms with Crippen LogP contribution in [-0.4, -0.2) is 37.2 Å². The lowest BCUT2D eigenvalue weighted by Gasteiger charge is -2.35. The van der Waals surface area contributed by atoms with Crippen molar-refractivity contribution in [1.82, 2.24) is 4.90 Å². The van der Waals surface area contributed by atoms with Crippen molar-refractivity contribution in [3.05, 3.63) is 35.4 Å². The molecule has 3 heteroatoms. The van der Waals surface area contributed by atoms with Crippen molar-refractivity contribution in [2.24, 2.45) is 5.73 Å².